The molecule has 1 aliphatic rings. The number of halogens is 4. The molecule has 1 fully saturated rings. The van der Waals surface area contributed by atoms with Crippen molar-refractivity contribution in [2.75, 3.05) is 12.4 Å². The van der Waals surface area contributed by atoms with Gasteiger partial charge in [-0.25, -0.2) is 4.39 Å². The molecule has 2 amide bonds. The van der Waals surface area contributed by atoms with Crippen LogP contribution in [0.5, 0.6) is 5.75 Å². The van der Waals surface area contributed by atoms with E-state index in [1.807, 2.05) is 0 Å². The Morgan fingerprint density at radius 2 is 1.94 bits per heavy atom. The molecule has 4 atom stereocenters. The predicted molar refractivity (Wildman–Crippen MR) is 106 cm³/mol. The molecule has 1 aliphatic heterocycles. The van der Waals surface area contributed by atoms with Crippen LogP contribution in [0.3, 0.4) is 0 Å². The van der Waals surface area contributed by atoms with Crippen molar-refractivity contribution < 1.29 is 36.6 Å². The summed E-state index contributed by atoms with van der Waals surface area (Å²) in [6, 6.07) is 5.92. The molecule has 32 heavy (non-hydrogen) atoms. The van der Waals surface area contributed by atoms with Gasteiger partial charge in [0.2, 0.25) is 0 Å². The van der Waals surface area contributed by atoms with Gasteiger partial charge in [-0.3, -0.25) is 14.6 Å². The summed E-state index contributed by atoms with van der Waals surface area (Å²) in [6.45, 7) is 2.18. The van der Waals surface area contributed by atoms with Gasteiger partial charge in [-0.15, -0.1) is 0 Å². The van der Waals surface area contributed by atoms with Crippen LogP contribution >= 0.6 is 0 Å². The van der Waals surface area contributed by atoms with Crippen LogP contribution in [0.25, 0.3) is 0 Å². The Bertz CT molecular complexity index is 1050. The van der Waals surface area contributed by atoms with Gasteiger partial charge in [0.25, 0.3) is 11.8 Å². The lowest BCUT2D eigenvalue weighted by atomic mass is 9.77. The number of amides is 2. The maximum Gasteiger partial charge on any atom is 0.417 e. The third-order valence-electron chi connectivity index (χ3n) is 5.76. The van der Waals surface area contributed by atoms with Crippen LogP contribution in [0.1, 0.15) is 35.8 Å². The van der Waals surface area contributed by atoms with Crippen LogP contribution in [-0.2, 0) is 9.53 Å². The van der Waals surface area contributed by atoms with E-state index in [2.05, 4.69) is 10.3 Å². The first-order chi connectivity index (χ1) is 14.9. The van der Waals surface area contributed by atoms with Crippen LogP contribution in [0, 0.1) is 11.7 Å². The number of hydrogen-bond donors (Lipinski definition) is 2. The fraction of sp³-hybridized carbons (Fsp3) is 0.381. The number of ether oxygens (including phenoxy) is 2. The highest BCUT2D eigenvalue weighted by Gasteiger charge is 2.65. The third-order valence-corrected chi connectivity index (χ3v) is 5.76. The van der Waals surface area contributed by atoms with Gasteiger partial charge >= 0.3 is 6.18 Å². The summed E-state index contributed by atoms with van der Waals surface area (Å²) in [7, 11) is 1.25. The summed E-state index contributed by atoms with van der Waals surface area (Å²) in [6.07, 6.45) is -5.17. The first-order valence-corrected chi connectivity index (χ1v) is 9.53. The highest BCUT2D eigenvalue weighted by Crippen LogP contribution is 2.54. The lowest BCUT2D eigenvalue weighted by Gasteiger charge is -2.32. The quantitative estimate of drug-likeness (QED) is 0.673. The van der Waals surface area contributed by atoms with Gasteiger partial charge in [0.1, 0.15) is 23.4 Å². The molecule has 11 heteroatoms. The number of carbonyl (C=O) groups excluding carboxylic acids is 2. The summed E-state index contributed by atoms with van der Waals surface area (Å²) in [5.74, 6) is -4.72. The van der Waals surface area contributed by atoms with E-state index in [1.54, 1.807) is 0 Å². The van der Waals surface area contributed by atoms with Crippen molar-refractivity contribution >= 4 is 17.5 Å². The second-order valence-electron chi connectivity index (χ2n) is 7.63. The van der Waals surface area contributed by atoms with Crippen molar-refractivity contribution in [1.82, 2.24) is 4.98 Å². The monoisotopic (exact) mass is 455 g/mol. The fourth-order valence-electron chi connectivity index (χ4n) is 3.84. The molecule has 2 aromatic rings. The van der Waals surface area contributed by atoms with Crippen LogP contribution < -0.4 is 15.8 Å². The van der Waals surface area contributed by atoms with Gasteiger partial charge in [0.15, 0.2) is 5.60 Å². The van der Waals surface area contributed by atoms with E-state index < -0.39 is 47.3 Å². The molecule has 2 heterocycles. The average molecular weight is 455 g/mol. The van der Waals surface area contributed by atoms with E-state index in [0.29, 0.717) is 0 Å². The Hall–Kier alpha value is -3.21. The van der Waals surface area contributed by atoms with Crippen LogP contribution in [0.2, 0.25) is 0 Å². The number of primary amides is 1. The minimum absolute atomic E-state index is 0.00500. The summed E-state index contributed by atoms with van der Waals surface area (Å²) in [4.78, 5) is 28.1. The standard InChI is InChI=1S/C21H21F4N3O4/c1-10-16(13-5-4-11(22)8-15(13)31-3)17(32-20(10,2)21(23,24)25)19(30)28-12-6-7-27-14(9-12)18(26)29/h4-10,16-17H,1-3H3,(H2,26,29)(H,27,28,30)/t10-,16-,17+,20+/m0/s1. The number of alkyl halides is 3. The fourth-order valence-corrected chi connectivity index (χ4v) is 3.84. The summed E-state index contributed by atoms with van der Waals surface area (Å²) >= 11 is 0. The van der Waals surface area contributed by atoms with E-state index in [4.69, 9.17) is 15.2 Å². The lowest BCUT2D eigenvalue weighted by molar-refractivity contribution is -0.272. The molecule has 172 valence electrons. The van der Waals surface area contributed by atoms with E-state index >= 15 is 0 Å². The normalized spacial score (nSPS) is 25.4. The lowest BCUT2D eigenvalue weighted by Crippen LogP contribution is -2.47. The van der Waals surface area contributed by atoms with Gasteiger partial charge in [-0.1, -0.05) is 13.0 Å². The Morgan fingerprint density at radius 1 is 1.25 bits per heavy atom. The molecule has 3 rings (SSSR count). The van der Waals surface area contributed by atoms with E-state index in [9.17, 15) is 27.2 Å². The SMILES string of the molecule is COc1cc(F)ccc1[C@H]1[C@H](C(=O)Nc2ccnc(C(N)=O)c2)O[C@@](C)(C(F)(F)F)[C@H]1C. The van der Waals surface area contributed by atoms with Gasteiger partial charge in [-0.2, -0.15) is 13.2 Å². The molecule has 0 saturated carbocycles. The van der Waals surface area contributed by atoms with E-state index in [1.165, 1.54) is 38.4 Å². The Labute approximate surface area is 180 Å². The zero-order chi connectivity index (χ0) is 23.8. The highest BCUT2D eigenvalue weighted by molar-refractivity contribution is 5.97. The molecule has 0 aliphatic carbocycles. The minimum atomic E-state index is -4.79. The topological polar surface area (TPSA) is 104 Å². The number of hydrogen-bond acceptors (Lipinski definition) is 5. The molecule has 0 unspecified atom stereocenters. The third kappa shape index (κ3) is 4.12. The van der Waals surface area contributed by atoms with Crippen molar-refractivity contribution in [2.45, 2.75) is 37.6 Å². The van der Waals surface area contributed by atoms with Gasteiger partial charge in [0.05, 0.1) is 7.11 Å². The first kappa shape index (κ1) is 23.5. The van der Waals surface area contributed by atoms with Crippen molar-refractivity contribution in [3.63, 3.8) is 0 Å². The van der Waals surface area contributed by atoms with Crippen LogP contribution in [0.15, 0.2) is 36.5 Å². The smallest absolute Gasteiger partial charge is 0.417 e. The Kier molecular flexibility index (Phi) is 6.14. The van der Waals surface area contributed by atoms with Crippen molar-refractivity contribution in [1.29, 1.82) is 0 Å². The molecule has 0 spiro atoms. The van der Waals surface area contributed by atoms with E-state index in [0.717, 1.165) is 19.1 Å². The van der Waals surface area contributed by atoms with Crippen molar-refractivity contribution in [3.05, 3.63) is 53.6 Å². The molecule has 1 saturated heterocycles. The molecular formula is C21H21F4N3O4. The second kappa shape index (κ2) is 8.38. The number of carbonyl (C=O) groups is 2. The number of rotatable bonds is 5. The van der Waals surface area contributed by atoms with Gasteiger partial charge < -0.3 is 20.5 Å². The van der Waals surface area contributed by atoms with E-state index in [-0.39, 0.29) is 22.7 Å². The van der Waals surface area contributed by atoms with Gasteiger partial charge in [0, 0.05) is 35.3 Å². The van der Waals surface area contributed by atoms with Crippen LogP contribution in [-0.4, -0.2) is 41.8 Å². The number of nitrogens with two attached hydrogens (primary N) is 1. The number of benzene rings is 1. The molecular weight excluding hydrogens is 434 g/mol. The molecule has 1 aromatic heterocycles. The number of anilines is 1. The van der Waals surface area contributed by atoms with Gasteiger partial charge in [-0.05, 0) is 25.1 Å². The predicted octanol–water partition coefficient (Wildman–Crippen LogP) is 3.41. The zero-order valence-electron chi connectivity index (χ0n) is 17.4. The maximum atomic E-state index is 13.9. The number of nitrogens with one attached hydrogen (secondary N) is 1. The average Bonchev–Trinajstić information content (AvgIpc) is 3.00. The maximum absolute atomic E-state index is 13.9. The minimum Gasteiger partial charge on any atom is -0.496 e. The van der Waals surface area contributed by atoms with Crippen molar-refractivity contribution in [2.24, 2.45) is 11.7 Å². The summed E-state index contributed by atoms with van der Waals surface area (Å²) in [5.41, 5.74) is 2.67. The largest absolute Gasteiger partial charge is 0.496 e. The highest BCUT2D eigenvalue weighted by atomic mass is 19.4. The number of pyridine rings is 1. The summed E-state index contributed by atoms with van der Waals surface area (Å²) < 4.78 is 66.0. The molecule has 1 aromatic carbocycles. The molecule has 0 radical (unpaired) electrons. The first-order valence-electron chi connectivity index (χ1n) is 9.53. The molecule has 0 bridgehead atoms. The molecule has 7 nitrogen and oxygen atoms in total. The number of aromatic nitrogens is 1. The second-order valence-corrected chi connectivity index (χ2v) is 7.63. The Balaban J connectivity index is 2.04. The number of methoxy groups -OCH3 is 1. The zero-order valence-corrected chi connectivity index (χ0v) is 17.4. The Morgan fingerprint density at radius 3 is 2.53 bits per heavy atom. The number of nitrogens with zero attached hydrogens (tertiary/aromatic N) is 1. The van der Waals surface area contributed by atoms with Crippen LogP contribution in [0.4, 0.5) is 23.2 Å². The summed E-state index contributed by atoms with van der Waals surface area (Å²) in [5, 5.41) is 2.44. The van der Waals surface area contributed by atoms with Crippen molar-refractivity contribution in [3.8, 4) is 5.75 Å². The molecule has 3 N–H and O–H groups in total.